The maximum atomic E-state index is 15.5. The lowest BCUT2D eigenvalue weighted by Crippen LogP contribution is -2.46. The van der Waals surface area contributed by atoms with Crippen molar-refractivity contribution >= 4 is 30.2 Å². The first-order chi connectivity index (χ1) is 17.4. The summed E-state index contributed by atoms with van der Waals surface area (Å²) in [7, 11) is -2.00. The van der Waals surface area contributed by atoms with Crippen LogP contribution in [0.2, 0.25) is 18.1 Å². The zero-order valence-corrected chi connectivity index (χ0v) is 26.4. The zero-order valence-electron chi connectivity index (χ0n) is 23.8. The Bertz CT molecular complexity index is 887. The predicted octanol–water partition coefficient (Wildman–Crippen LogP) is 8.60. The van der Waals surface area contributed by atoms with Crippen molar-refractivity contribution in [2.45, 2.75) is 116 Å². The highest BCUT2D eigenvalue weighted by Crippen LogP contribution is 2.45. The van der Waals surface area contributed by atoms with Crippen molar-refractivity contribution in [3.05, 3.63) is 47.5 Å². The largest absolute Gasteiger partial charge is 0.462 e. The summed E-state index contributed by atoms with van der Waals surface area (Å²) in [6.45, 7) is 13.0. The molecule has 0 radical (unpaired) electrons. The minimum atomic E-state index is -2.00. The van der Waals surface area contributed by atoms with Crippen LogP contribution < -0.4 is 0 Å². The molecule has 0 spiro atoms. The van der Waals surface area contributed by atoms with Gasteiger partial charge in [-0.25, -0.2) is 4.39 Å². The molecule has 0 aliphatic heterocycles. The summed E-state index contributed by atoms with van der Waals surface area (Å²) in [4.78, 5) is 11.8. The van der Waals surface area contributed by atoms with Crippen LogP contribution in [0.15, 0.2) is 36.4 Å². The lowest BCUT2D eigenvalue weighted by molar-refractivity contribution is -0.148. The molecule has 37 heavy (non-hydrogen) atoms. The zero-order chi connectivity index (χ0) is 27.2. The molecule has 208 valence electrons. The standard InChI is InChI=1S/C31H48BrFO3Si/c1-22(34)35-30-21-28(33)26(27(30)15-9-7-8-12-18-32)16-17-29(36-37(5,6)31(2,3)4)25-19-23-13-10-11-14-24(23)20-25/h7,9-11,13-14,25-30H,8,12,15-21H2,1-6H3/t26?,27-,28+,29-,30+/m1/s1. The summed E-state index contributed by atoms with van der Waals surface area (Å²) >= 11 is 3.48. The number of fused-ring (bicyclic) bond motifs is 1. The average Bonchev–Trinajstić information content (AvgIpc) is 3.36. The van der Waals surface area contributed by atoms with Crippen LogP contribution in [0.3, 0.4) is 0 Å². The highest BCUT2D eigenvalue weighted by molar-refractivity contribution is 9.09. The molecule has 2 aliphatic carbocycles. The van der Waals surface area contributed by atoms with E-state index < -0.39 is 14.5 Å². The minimum absolute atomic E-state index is 0.0217. The molecule has 0 aromatic heterocycles. The van der Waals surface area contributed by atoms with Gasteiger partial charge in [0, 0.05) is 30.7 Å². The Hall–Kier alpha value is -0.983. The van der Waals surface area contributed by atoms with E-state index in [1.54, 1.807) is 0 Å². The van der Waals surface area contributed by atoms with Gasteiger partial charge in [-0.15, -0.1) is 0 Å². The van der Waals surface area contributed by atoms with Crippen molar-refractivity contribution in [1.29, 1.82) is 0 Å². The Morgan fingerprint density at radius 1 is 1.16 bits per heavy atom. The van der Waals surface area contributed by atoms with Gasteiger partial charge in [-0.3, -0.25) is 4.79 Å². The van der Waals surface area contributed by atoms with Crippen molar-refractivity contribution in [3.8, 4) is 0 Å². The van der Waals surface area contributed by atoms with Crippen LogP contribution in [0.1, 0.15) is 77.3 Å². The Morgan fingerprint density at radius 2 is 1.81 bits per heavy atom. The fraction of sp³-hybridized carbons (Fsp3) is 0.710. The number of carbonyl (C=O) groups excluding carboxylic acids is 1. The molecule has 1 fully saturated rings. The molecule has 0 bridgehead atoms. The Kier molecular flexibility index (Phi) is 11.1. The summed E-state index contributed by atoms with van der Waals surface area (Å²) in [5, 5.41) is 1.10. The van der Waals surface area contributed by atoms with Gasteiger partial charge in [0.05, 0.1) is 0 Å². The van der Waals surface area contributed by atoms with E-state index >= 15 is 4.39 Å². The number of esters is 1. The van der Waals surface area contributed by atoms with Crippen LogP contribution in [0.5, 0.6) is 0 Å². The summed E-state index contributed by atoms with van der Waals surface area (Å²) in [5.41, 5.74) is 2.86. The molecule has 3 rings (SSSR count). The second-order valence-corrected chi connectivity index (χ2v) is 18.2. The monoisotopic (exact) mass is 594 g/mol. The van der Waals surface area contributed by atoms with Gasteiger partial charge in [0.25, 0.3) is 0 Å². The van der Waals surface area contributed by atoms with Crippen molar-refractivity contribution in [2.24, 2.45) is 17.8 Å². The molecule has 1 aromatic carbocycles. The first-order valence-corrected chi connectivity index (χ1v) is 18.2. The van der Waals surface area contributed by atoms with Crippen LogP contribution >= 0.6 is 15.9 Å². The topological polar surface area (TPSA) is 35.5 Å². The maximum absolute atomic E-state index is 15.5. The number of allylic oxidation sites excluding steroid dienone is 2. The lowest BCUT2D eigenvalue weighted by atomic mass is 9.84. The number of halogens is 2. The number of unbranched alkanes of at least 4 members (excludes halogenated alkanes) is 1. The Balaban J connectivity index is 1.76. The molecule has 6 heteroatoms. The predicted molar refractivity (Wildman–Crippen MR) is 157 cm³/mol. The van der Waals surface area contributed by atoms with E-state index in [1.807, 2.05) is 0 Å². The van der Waals surface area contributed by atoms with Gasteiger partial charge >= 0.3 is 5.97 Å². The molecule has 0 amide bonds. The second kappa shape index (κ2) is 13.4. The quantitative estimate of drug-likeness (QED) is 0.0798. The summed E-state index contributed by atoms with van der Waals surface area (Å²) < 4.78 is 28.2. The van der Waals surface area contributed by atoms with Crippen LogP contribution in [0.4, 0.5) is 4.39 Å². The molecule has 3 nitrogen and oxygen atoms in total. The number of hydrogen-bond acceptors (Lipinski definition) is 3. The van der Waals surface area contributed by atoms with Crippen LogP contribution in [0, 0.1) is 17.8 Å². The number of alkyl halides is 2. The van der Waals surface area contributed by atoms with Crippen molar-refractivity contribution in [3.63, 3.8) is 0 Å². The van der Waals surface area contributed by atoms with Gasteiger partial charge in [0.15, 0.2) is 8.32 Å². The van der Waals surface area contributed by atoms with Gasteiger partial charge < -0.3 is 9.16 Å². The van der Waals surface area contributed by atoms with E-state index in [1.165, 1.54) is 18.1 Å². The number of rotatable bonds is 12. The Morgan fingerprint density at radius 3 is 2.38 bits per heavy atom. The molecule has 0 N–H and O–H groups in total. The van der Waals surface area contributed by atoms with Gasteiger partial charge in [0.2, 0.25) is 0 Å². The molecular weight excluding hydrogens is 547 g/mol. The third-order valence-electron chi connectivity index (χ3n) is 8.99. The van der Waals surface area contributed by atoms with E-state index in [0.717, 1.165) is 50.3 Å². The summed E-state index contributed by atoms with van der Waals surface area (Å²) in [5.74, 6) is 0.0275. The molecular formula is C31H48BrFO3Si. The molecule has 0 heterocycles. The molecule has 2 aliphatic rings. The molecule has 1 saturated carbocycles. The smallest absolute Gasteiger partial charge is 0.302 e. The normalized spacial score (nSPS) is 25.5. The van der Waals surface area contributed by atoms with E-state index in [9.17, 15) is 4.79 Å². The molecule has 5 atom stereocenters. The van der Waals surface area contributed by atoms with Gasteiger partial charge in [-0.2, -0.15) is 0 Å². The van der Waals surface area contributed by atoms with Crippen molar-refractivity contribution < 1.29 is 18.3 Å². The third kappa shape index (κ3) is 8.25. The number of benzene rings is 1. The highest BCUT2D eigenvalue weighted by Gasteiger charge is 2.46. The van der Waals surface area contributed by atoms with Crippen molar-refractivity contribution in [2.75, 3.05) is 5.33 Å². The van der Waals surface area contributed by atoms with E-state index in [4.69, 9.17) is 9.16 Å². The minimum Gasteiger partial charge on any atom is -0.462 e. The number of ether oxygens (including phenoxy) is 1. The second-order valence-electron chi connectivity index (χ2n) is 12.7. The first kappa shape index (κ1) is 30.6. The van der Waals surface area contributed by atoms with E-state index in [0.29, 0.717) is 12.3 Å². The SMILES string of the molecule is CC(=O)O[C@H]1C[C@H](F)C(CC[C@@H](O[Si](C)(C)C(C)(C)C)C2Cc3ccccc3C2)[C@H]1CC=CCCCBr. The van der Waals surface area contributed by atoms with Crippen LogP contribution in [-0.4, -0.2) is 38.0 Å². The number of carbonyl (C=O) groups is 1. The average molecular weight is 596 g/mol. The summed E-state index contributed by atoms with van der Waals surface area (Å²) in [6.07, 6.45) is 10.0. The molecule has 1 aromatic rings. The fourth-order valence-corrected chi connectivity index (χ4v) is 7.65. The third-order valence-corrected chi connectivity index (χ3v) is 14.1. The van der Waals surface area contributed by atoms with E-state index in [2.05, 4.69) is 86.2 Å². The highest BCUT2D eigenvalue weighted by atomic mass is 79.9. The lowest BCUT2D eigenvalue weighted by Gasteiger charge is -2.41. The maximum Gasteiger partial charge on any atom is 0.302 e. The van der Waals surface area contributed by atoms with Gasteiger partial charge in [0.1, 0.15) is 12.3 Å². The fourth-order valence-electron chi connectivity index (χ4n) is 5.91. The van der Waals surface area contributed by atoms with Crippen molar-refractivity contribution in [1.82, 2.24) is 0 Å². The van der Waals surface area contributed by atoms with E-state index in [-0.39, 0.29) is 35.1 Å². The Labute approximate surface area is 234 Å². The van der Waals surface area contributed by atoms with Gasteiger partial charge in [-0.05, 0) is 86.0 Å². The first-order valence-electron chi connectivity index (χ1n) is 14.2. The summed E-state index contributed by atoms with van der Waals surface area (Å²) in [6, 6.07) is 8.74. The van der Waals surface area contributed by atoms with Crippen LogP contribution in [0.25, 0.3) is 0 Å². The molecule has 1 unspecified atom stereocenters. The van der Waals surface area contributed by atoms with Crippen LogP contribution in [-0.2, 0) is 26.8 Å². The number of hydrogen-bond donors (Lipinski definition) is 0. The van der Waals surface area contributed by atoms with Gasteiger partial charge in [-0.1, -0.05) is 73.1 Å². The molecule has 0 saturated heterocycles.